The van der Waals surface area contributed by atoms with Crippen molar-refractivity contribution in [2.75, 3.05) is 7.11 Å². The lowest BCUT2D eigenvalue weighted by molar-refractivity contribution is -0.149. The summed E-state index contributed by atoms with van der Waals surface area (Å²) in [6, 6.07) is 17.1. The van der Waals surface area contributed by atoms with Crippen LogP contribution in [0.2, 0.25) is 0 Å². The minimum atomic E-state index is -1.69. The average Bonchev–Trinajstić information content (AvgIpc) is 2.73. The molecule has 0 aliphatic rings. The van der Waals surface area contributed by atoms with Crippen LogP contribution in [0.1, 0.15) is 21.3 Å². The summed E-state index contributed by atoms with van der Waals surface area (Å²) >= 11 is 11.8. The molecule has 0 saturated heterocycles. The molecule has 0 aliphatic carbocycles. The Morgan fingerprint density at radius 2 is 1.43 bits per heavy atom. The van der Waals surface area contributed by atoms with E-state index in [1.807, 2.05) is 30.3 Å². The highest BCUT2D eigenvalue weighted by atomic mass is 35.5. The molecule has 0 fully saturated rings. The molecule has 2 atom stereocenters. The van der Waals surface area contributed by atoms with Crippen LogP contribution in [-0.4, -0.2) is 41.3 Å². The molecule has 2 aromatic carbocycles. The number of halogens is 2. The monoisotopic (exact) mass is 425 g/mol. The molecule has 148 valence electrons. The Kier molecular flexibility index (Phi) is 9.70. The van der Waals surface area contributed by atoms with E-state index >= 15 is 0 Å². The predicted octanol–water partition coefficient (Wildman–Crippen LogP) is 2.77. The molecule has 2 unspecified atom stereocenters. The number of hydrogen-bond donors (Lipinski definition) is 2. The van der Waals surface area contributed by atoms with Gasteiger partial charge in [0.1, 0.15) is 0 Å². The Bertz CT molecular complexity index is 814. The van der Waals surface area contributed by atoms with Crippen LogP contribution in [0, 0.1) is 0 Å². The van der Waals surface area contributed by atoms with Crippen LogP contribution >= 0.6 is 23.2 Å². The maximum Gasteiger partial charge on any atom is 0.394 e. The molecule has 28 heavy (non-hydrogen) atoms. The Morgan fingerprint density at radius 1 is 0.929 bits per heavy atom. The van der Waals surface area contributed by atoms with E-state index in [4.69, 9.17) is 28.3 Å². The number of benzene rings is 2. The zero-order valence-corrected chi connectivity index (χ0v) is 16.2. The number of hydrogen-bond acceptors (Lipinski definition) is 5. The van der Waals surface area contributed by atoms with Gasteiger partial charge >= 0.3 is 17.8 Å². The van der Waals surface area contributed by atoms with E-state index in [0.717, 1.165) is 5.56 Å². The lowest BCUT2D eigenvalue weighted by atomic mass is 10.1. The number of imide groups is 1. The quantitative estimate of drug-likeness (QED) is 0.442. The molecule has 2 amide bonds. The van der Waals surface area contributed by atoms with Crippen molar-refractivity contribution in [1.82, 2.24) is 5.32 Å². The first kappa shape index (κ1) is 23.1. The molecular formula is C19H17Cl2NO6. The zero-order chi connectivity index (χ0) is 21.1. The Labute approximate surface area is 171 Å². The SMILES string of the molecule is COC(=O)C(Cl)C(Cl)c1ccccc1.O=C(O)C(=O)NC(=O)c1ccccc1. The number of esters is 1. The lowest BCUT2D eigenvalue weighted by Gasteiger charge is -2.13. The summed E-state index contributed by atoms with van der Waals surface area (Å²) in [5.74, 6) is -4.26. The van der Waals surface area contributed by atoms with Gasteiger partial charge in [0.2, 0.25) is 0 Å². The van der Waals surface area contributed by atoms with E-state index in [0.29, 0.717) is 0 Å². The fraction of sp³-hybridized carbons (Fsp3) is 0.158. The van der Waals surface area contributed by atoms with Crippen molar-refractivity contribution in [3.8, 4) is 0 Å². The normalized spacial score (nSPS) is 11.8. The van der Waals surface area contributed by atoms with Crippen molar-refractivity contribution in [3.63, 3.8) is 0 Å². The second kappa shape index (κ2) is 11.7. The van der Waals surface area contributed by atoms with Crippen molar-refractivity contribution < 1.29 is 29.0 Å². The van der Waals surface area contributed by atoms with Gasteiger partial charge in [-0.15, -0.1) is 23.2 Å². The number of carbonyl (C=O) groups is 4. The van der Waals surface area contributed by atoms with Gasteiger partial charge < -0.3 is 9.84 Å². The summed E-state index contributed by atoms with van der Waals surface area (Å²) in [6.45, 7) is 0. The first-order valence-electron chi connectivity index (χ1n) is 7.82. The van der Waals surface area contributed by atoms with E-state index in [1.54, 1.807) is 23.5 Å². The summed E-state index contributed by atoms with van der Waals surface area (Å²) in [5, 5.41) is 8.51. The molecule has 0 radical (unpaired) electrons. The van der Waals surface area contributed by atoms with Crippen molar-refractivity contribution >= 4 is 47.0 Å². The van der Waals surface area contributed by atoms with Crippen LogP contribution < -0.4 is 5.32 Å². The zero-order valence-electron chi connectivity index (χ0n) is 14.7. The summed E-state index contributed by atoms with van der Waals surface area (Å²) in [7, 11) is 1.28. The van der Waals surface area contributed by atoms with Crippen LogP contribution in [0.4, 0.5) is 0 Å². The third kappa shape index (κ3) is 7.38. The van der Waals surface area contributed by atoms with Gasteiger partial charge in [-0.05, 0) is 17.7 Å². The van der Waals surface area contributed by atoms with Gasteiger partial charge in [0, 0.05) is 5.56 Å². The standard InChI is InChI=1S/C10H10Cl2O2.C9H7NO4/c1-14-10(13)9(12)8(11)7-5-3-2-4-6-7;11-7(10-8(12)9(13)14)6-4-2-1-3-5-6/h2-6,8-9H,1H3;1-5H,(H,13,14)(H,10,11,12). The van der Waals surface area contributed by atoms with Crippen LogP contribution in [0.3, 0.4) is 0 Å². The van der Waals surface area contributed by atoms with Gasteiger partial charge in [-0.25, -0.2) is 4.79 Å². The summed E-state index contributed by atoms with van der Waals surface area (Å²) in [6.07, 6.45) is 0. The Morgan fingerprint density at radius 3 is 1.89 bits per heavy atom. The average molecular weight is 426 g/mol. The summed E-state index contributed by atoms with van der Waals surface area (Å²) < 4.78 is 4.50. The van der Waals surface area contributed by atoms with Crippen molar-refractivity contribution in [1.29, 1.82) is 0 Å². The number of aliphatic carboxylic acids is 1. The van der Waals surface area contributed by atoms with E-state index in [2.05, 4.69) is 4.74 Å². The minimum Gasteiger partial charge on any atom is -0.474 e. The van der Waals surface area contributed by atoms with Crippen molar-refractivity contribution in [3.05, 3.63) is 71.8 Å². The molecule has 0 aliphatic heterocycles. The van der Waals surface area contributed by atoms with Crippen LogP contribution in [0.25, 0.3) is 0 Å². The molecule has 2 N–H and O–H groups in total. The van der Waals surface area contributed by atoms with Crippen LogP contribution in [0.15, 0.2) is 60.7 Å². The molecular weight excluding hydrogens is 409 g/mol. The number of ether oxygens (including phenoxy) is 1. The van der Waals surface area contributed by atoms with Crippen LogP contribution in [-0.2, 0) is 19.1 Å². The van der Waals surface area contributed by atoms with E-state index in [-0.39, 0.29) is 5.56 Å². The van der Waals surface area contributed by atoms with Crippen molar-refractivity contribution in [2.45, 2.75) is 10.8 Å². The summed E-state index contributed by atoms with van der Waals surface area (Å²) in [4.78, 5) is 42.9. The Hall–Kier alpha value is -2.90. The summed E-state index contributed by atoms with van der Waals surface area (Å²) in [5.41, 5.74) is 1.04. The molecule has 0 spiro atoms. The smallest absolute Gasteiger partial charge is 0.394 e. The fourth-order valence-corrected chi connectivity index (χ4v) is 2.34. The molecule has 0 saturated carbocycles. The van der Waals surface area contributed by atoms with Crippen molar-refractivity contribution in [2.24, 2.45) is 0 Å². The highest BCUT2D eigenvalue weighted by Gasteiger charge is 2.26. The van der Waals surface area contributed by atoms with Gasteiger partial charge in [-0.2, -0.15) is 0 Å². The van der Waals surface area contributed by atoms with Gasteiger partial charge in [-0.3, -0.25) is 19.7 Å². The first-order valence-corrected chi connectivity index (χ1v) is 8.69. The lowest BCUT2D eigenvalue weighted by Crippen LogP contribution is -2.35. The number of carboxylic acids is 1. The van der Waals surface area contributed by atoms with E-state index < -0.39 is 34.5 Å². The fourth-order valence-electron chi connectivity index (χ4n) is 1.86. The molecule has 2 aromatic rings. The third-order valence-electron chi connectivity index (χ3n) is 3.26. The topological polar surface area (TPSA) is 110 Å². The number of rotatable bonds is 4. The highest BCUT2D eigenvalue weighted by molar-refractivity contribution is 6.37. The molecule has 9 heteroatoms. The van der Waals surface area contributed by atoms with E-state index in [1.165, 1.54) is 19.2 Å². The number of carboxylic acid groups (broad SMARTS) is 1. The molecule has 0 bridgehead atoms. The van der Waals surface area contributed by atoms with E-state index in [9.17, 15) is 19.2 Å². The van der Waals surface area contributed by atoms with Gasteiger partial charge in [0.15, 0.2) is 5.38 Å². The van der Waals surface area contributed by atoms with Gasteiger partial charge in [0.05, 0.1) is 12.5 Å². The highest BCUT2D eigenvalue weighted by Crippen LogP contribution is 2.28. The largest absolute Gasteiger partial charge is 0.474 e. The Balaban J connectivity index is 0.000000280. The molecule has 0 heterocycles. The first-order chi connectivity index (χ1) is 13.3. The maximum absolute atomic E-state index is 11.2. The number of methoxy groups -OCH3 is 1. The minimum absolute atomic E-state index is 0.238. The molecule has 0 aromatic heterocycles. The number of amides is 2. The van der Waals surface area contributed by atoms with Gasteiger partial charge in [-0.1, -0.05) is 48.5 Å². The molecule has 7 nitrogen and oxygen atoms in total. The maximum atomic E-state index is 11.2. The number of carbonyl (C=O) groups excluding carboxylic acids is 3. The van der Waals surface area contributed by atoms with Gasteiger partial charge in [0.25, 0.3) is 5.91 Å². The number of nitrogens with one attached hydrogen (secondary N) is 1. The second-order valence-electron chi connectivity index (χ2n) is 5.19. The number of alkyl halides is 2. The predicted molar refractivity (Wildman–Crippen MR) is 103 cm³/mol. The third-order valence-corrected chi connectivity index (χ3v) is 4.32. The second-order valence-corrected chi connectivity index (χ2v) is 6.13. The van der Waals surface area contributed by atoms with Crippen LogP contribution in [0.5, 0.6) is 0 Å². The molecule has 2 rings (SSSR count).